The van der Waals surface area contributed by atoms with Crippen molar-refractivity contribution in [2.24, 2.45) is 5.41 Å². The average molecular weight is 245 g/mol. The fourth-order valence-corrected chi connectivity index (χ4v) is 3.68. The molecule has 96 valence electrons. The third-order valence-electron chi connectivity index (χ3n) is 4.62. The SMILES string of the molecule is O=C(O)NC1CCC2(CC1)Cc1ccccc1C2. The number of fused-ring (bicyclic) bond motifs is 1. The van der Waals surface area contributed by atoms with Crippen molar-refractivity contribution in [1.82, 2.24) is 5.32 Å². The van der Waals surface area contributed by atoms with Crippen LogP contribution in [0.1, 0.15) is 36.8 Å². The summed E-state index contributed by atoms with van der Waals surface area (Å²) in [5.74, 6) is 0. The molecule has 1 aromatic rings. The van der Waals surface area contributed by atoms with Crippen LogP contribution in [0.25, 0.3) is 0 Å². The predicted octanol–water partition coefficient (Wildman–Crippen LogP) is 2.98. The number of carboxylic acid groups (broad SMARTS) is 1. The van der Waals surface area contributed by atoms with Crippen molar-refractivity contribution >= 4 is 6.09 Å². The third kappa shape index (κ3) is 2.09. The van der Waals surface area contributed by atoms with Gasteiger partial charge >= 0.3 is 6.09 Å². The fraction of sp³-hybridized carbons (Fsp3) is 0.533. The molecule has 2 aliphatic carbocycles. The van der Waals surface area contributed by atoms with Crippen LogP contribution in [0.3, 0.4) is 0 Å². The molecule has 3 rings (SSSR count). The molecule has 1 aromatic carbocycles. The summed E-state index contributed by atoms with van der Waals surface area (Å²) in [4.78, 5) is 10.6. The van der Waals surface area contributed by atoms with Crippen molar-refractivity contribution in [2.75, 3.05) is 0 Å². The van der Waals surface area contributed by atoms with E-state index in [4.69, 9.17) is 5.11 Å². The van der Waals surface area contributed by atoms with E-state index in [1.54, 1.807) is 0 Å². The first kappa shape index (κ1) is 11.6. The molecule has 0 unspecified atom stereocenters. The Hall–Kier alpha value is -1.51. The van der Waals surface area contributed by atoms with E-state index in [2.05, 4.69) is 29.6 Å². The third-order valence-corrected chi connectivity index (χ3v) is 4.62. The van der Waals surface area contributed by atoms with Crippen molar-refractivity contribution in [3.63, 3.8) is 0 Å². The van der Waals surface area contributed by atoms with Crippen molar-refractivity contribution in [2.45, 2.75) is 44.6 Å². The van der Waals surface area contributed by atoms with Crippen LogP contribution in [0.15, 0.2) is 24.3 Å². The van der Waals surface area contributed by atoms with Crippen molar-refractivity contribution in [1.29, 1.82) is 0 Å². The smallest absolute Gasteiger partial charge is 0.404 e. The van der Waals surface area contributed by atoms with Crippen molar-refractivity contribution in [3.8, 4) is 0 Å². The number of carbonyl (C=O) groups is 1. The van der Waals surface area contributed by atoms with Gasteiger partial charge in [-0.05, 0) is 55.1 Å². The summed E-state index contributed by atoms with van der Waals surface area (Å²) in [6.07, 6.45) is 5.75. The molecule has 3 nitrogen and oxygen atoms in total. The molecule has 0 aliphatic heterocycles. The van der Waals surface area contributed by atoms with Gasteiger partial charge in [-0.3, -0.25) is 0 Å². The van der Waals surface area contributed by atoms with Crippen LogP contribution in [-0.2, 0) is 12.8 Å². The minimum atomic E-state index is -0.884. The molecule has 2 aliphatic rings. The number of hydrogen-bond donors (Lipinski definition) is 2. The Morgan fingerprint density at radius 3 is 2.22 bits per heavy atom. The summed E-state index contributed by atoms with van der Waals surface area (Å²) in [5.41, 5.74) is 3.42. The van der Waals surface area contributed by atoms with E-state index in [0.717, 1.165) is 25.7 Å². The zero-order valence-electron chi connectivity index (χ0n) is 10.5. The molecule has 0 atom stereocenters. The molecular weight excluding hydrogens is 226 g/mol. The quantitative estimate of drug-likeness (QED) is 0.799. The van der Waals surface area contributed by atoms with Gasteiger partial charge in [-0.1, -0.05) is 24.3 Å². The summed E-state index contributed by atoms with van der Waals surface area (Å²) in [6.45, 7) is 0. The van der Waals surface area contributed by atoms with Gasteiger partial charge in [0.05, 0.1) is 0 Å². The highest BCUT2D eigenvalue weighted by molar-refractivity contribution is 5.64. The van der Waals surface area contributed by atoms with Gasteiger partial charge in [0, 0.05) is 6.04 Å². The zero-order valence-corrected chi connectivity index (χ0v) is 10.5. The minimum Gasteiger partial charge on any atom is -0.465 e. The molecule has 1 amide bonds. The van der Waals surface area contributed by atoms with E-state index in [1.165, 1.54) is 24.0 Å². The predicted molar refractivity (Wildman–Crippen MR) is 69.7 cm³/mol. The Labute approximate surface area is 107 Å². The molecule has 3 heteroatoms. The lowest BCUT2D eigenvalue weighted by Gasteiger charge is -2.37. The molecule has 2 N–H and O–H groups in total. The molecule has 1 spiro atoms. The van der Waals surface area contributed by atoms with Gasteiger partial charge in [0.25, 0.3) is 0 Å². The molecule has 0 saturated heterocycles. The standard InChI is InChI=1S/C15H19NO2/c17-14(18)16-13-5-7-15(8-6-13)9-11-3-1-2-4-12(11)10-15/h1-4,13,16H,5-10H2,(H,17,18). The van der Waals surface area contributed by atoms with Gasteiger partial charge in [-0.2, -0.15) is 0 Å². The lowest BCUT2D eigenvalue weighted by molar-refractivity contribution is 0.155. The monoisotopic (exact) mass is 245 g/mol. The van der Waals surface area contributed by atoms with E-state index in [9.17, 15) is 4.79 Å². The summed E-state index contributed by atoms with van der Waals surface area (Å²) in [6, 6.07) is 8.89. The van der Waals surface area contributed by atoms with E-state index in [0.29, 0.717) is 5.41 Å². The lowest BCUT2D eigenvalue weighted by Crippen LogP contribution is -2.40. The summed E-state index contributed by atoms with van der Waals surface area (Å²) >= 11 is 0. The van der Waals surface area contributed by atoms with Crippen molar-refractivity contribution < 1.29 is 9.90 Å². The second-order valence-electron chi connectivity index (χ2n) is 5.85. The summed E-state index contributed by atoms with van der Waals surface area (Å²) in [5, 5.41) is 11.4. The Balaban J connectivity index is 1.66. The summed E-state index contributed by atoms with van der Waals surface area (Å²) in [7, 11) is 0. The molecule has 0 heterocycles. The van der Waals surface area contributed by atoms with E-state index >= 15 is 0 Å². The number of rotatable bonds is 1. The van der Waals surface area contributed by atoms with Crippen LogP contribution < -0.4 is 5.32 Å². The highest BCUT2D eigenvalue weighted by atomic mass is 16.4. The van der Waals surface area contributed by atoms with Crippen LogP contribution in [0, 0.1) is 5.41 Å². The lowest BCUT2D eigenvalue weighted by atomic mass is 9.70. The minimum absolute atomic E-state index is 0.164. The second-order valence-corrected chi connectivity index (χ2v) is 5.85. The van der Waals surface area contributed by atoms with E-state index < -0.39 is 6.09 Å². The molecule has 1 saturated carbocycles. The highest BCUT2D eigenvalue weighted by Gasteiger charge is 2.40. The molecule has 1 fully saturated rings. The zero-order chi connectivity index (χ0) is 12.6. The Kier molecular flexibility index (Phi) is 2.77. The van der Waals surface area contributed by atoms with E-state index in [-0.39, 0.29) is 6.04 Å². The van der Waals surface area contributed by atoms with Gasteiger partial charge in [0.15, 0.2) is 0 Å². The number of hydrogen-bond acceptors (Lipinski definition) is 1. The van der Waals surface area contributed by atoms with E-state index in [1.807, 2.05) is 0 Å². The van der Waals surface area contributed by atoms with Crippen LogP contribution in [-0.4, -0.2) is 17.2 Å². The Bertz CT molecular complexity index is 434. The first-order valence-corrected chi connectivity index (χ1v) is 6.73. The molecule has 18 heavy (non-hydrogen) atoms. The average Bonchev–Trinajstić information content (AvgIpc) is 2.70. The van der Waals surface area contributed by atoms with Gasteiger partial charge < -0.3 is 10.4 Å². The maximum atomic E-state index is 10.6. The molecule has 0 radical (unpaired) electrons. The number of nitrogens with one attached hydrogen (secondary N) is 1. The van der Waals surface area contributed by atoms with Crippen LogP contribution in [0.5, 0.6) is 0 Å². The number of amides is 1. The number of benzene rings is 1. The normalized spacial score (nSPS) is 21.8. The topological polar surface area (TPSA) is 49.3 Å². The first-order valence-electron chi connectivity index (χ1n) is 6.73. The maximum absolute atomic E-state index is 10.6. The van der Waals surface area contributed by atoms with Crippen LogP contribution >= 0.6 is 0 Å². The second kappa shape index (κ2) is 4.30. The Morgan fingerprint density at radius 1 is 1.17 bits per heavy atom. The van der Waals surface area contributed by atoms with Crippen LogP contribution in [0.4, 0.5) is 4.79 Å². The fourth-order valence-electron chi connectivity index (χ4n) is 3.68. The molecule has 0 aromatic heterocycles. The maximum Gasteiger partial charge on any atom is 0.404 e. The molecule has 0 bridgehead atoms. The van der Waals surface area contributed by atoms with Crippen LogP contribution in [0.2, 0.25) is 0 Å². The first-order chi connectivity index (χ1) is 8.67. The van der Waals surface area contributed by atoms with Gasteiger partial charge in [0.2, 0.25) is 0 Å². The Morgan fingerprint density at radius 2 is 1.72 bits per heavy atom. The van der Waals surface area contributed by atoms with Gasteiger partial charge in [-0.25, -0.2) is 4.79 Å². The van der Waals surface area contributed by atoms with Gasteiger partial charge in [0.1, 0.15) is 0 Å². The summed E-state index contributed by atoms with van der Waals surface area (Å²) < 4.78 is 0. The molecular formula is C15H19NO2. The largest absolute Gasteiger partial charge is 0.465 e. The van der Waals surface area contributed by atoms with Crippen molar-refractivity contribution in [3.05, 3.63) is 35.4 Å². The highest BCUT2D eigenvalue weighted by Crippen LogP contribution is 2.47. The van der Waals surface area contributed by atoms with Gasteiger partial charge in [-0.15, -0.1) is 0 Å².